The van der Waals surface area contributed by atoms with Crippen molar-refractivity contribution >= 4 is 11.8 Å². The van der Waals surface area contributed by atoms with Gasteiger partial charge < -0.3 is 33.5 Å². The fraction of sp³-hybridized carbons (Fsp3) is 0.513. The number of hydrogen-bond donors (Lipinski definition) is 0. The number of para-hydroxylation sites is 1. The molecule has 1 amide bonds. The van der Waals surface area contributed by atoms with E-state index in [2.05, 4.69) is 45.3 Å². The molecular weight excluding hydrogens is 634 g/mol. The van der Waals surface area contributed by atoms with E-state index in [1.165, 1.54) is 11.3 Å². The van der Waals surface area contributed by atoms with Gasteiger partial charge in [0.1, 0.15) is 17.1 Å². The summed E-state index contributed by atoms with van der Waals surface area (Å²) >= 11 is 0. The average Bonchev–Trinajstić information content (AvgIpc) is 3.12. The predicted octanol–water partition coefficient (Wildman–Crippen LogP) is 8.05. The molecule has 50 heavy (non-hydrogen) atoms. The van der Waals surface area contributed by atoms with Crippen molar-refractivity contribution in [1.29, 1.82) is 0 Å². The first-order valence-corrected chi connectivity index (χ1v) is 17.6. The first-order chi connectivity index (χ1) is 24.2. The minimum absolute atomic E-state index is 0.101. The van der Waals surface area contributed by atoms with Gasteiger partial charge in [0.2, 0.25) is 0 Å². The topological polar surface area (TPSA) is 118 Å². The van der Waals surface area contributed by atoms with Gasteiger partial charge in [0.05, 0.1) is 46.2 Å². The molecule has 11 heteroatoms. The van der Waals surface area contributed by atoms with Gasteiger partial charge in [-0.2, -0.15) is 0 Å². The molecule has 11 nitrogen and oxygen atoms in total. The van der Waals surface area contributed by atoms with Crippen molar-refractivity contribution in [2.75, 3.05) is 57.9 Å². The van der Waals surface area contributed by atoms with E-state index in [1.807, 2.05) is 57.2 Å². The fourth-order valence-corrected chi connectivity index (χ4v) is 6.56. The molecule has 268 valence electrons. The second-order valence-corrected chi connectivity index (χ2v) is 13.8. The van der Waals surface area contributed by atoms with Crippen LogP contribution in [0.4, 0.5) is 10.5 Å². The van der Waals surface area contributed by atoms with E-state index >= 15 is 0 Å². The van der Waals surface area contributed by atoms with Gasteiger partial charge in [-0.3, -0.25) is 0 Å². The highest BCUT2D eigenvalue weighted by atomic mass is 16.6. The summed E-state index contributed by atoms with van der Waals surface area (Å²) in [5.41, 5.74) is 13.9. The molecule has 2 atom stereocenters. The van der Waals surface area contributed by atoms with Crippen molar-refractivity contribution in [1.82, 2.24) is 4.90 Å². The van der Waals surface area contributed by atoms with Crippen molar-refractivity contribution < 1.29 is 28.5 Å². The lowest BCUT2D eigenvalue weighted by Gasteiger charge is -2.39. The lowest BCUT2D eigenvalue weighted by Crippen LogP contribution is -2.48. The maximum absolute atomic E-state index is 13.1. The summed E-state index contributed by atoms with van der Waals surface area (Å²) in [6.45, 7) is 10.8. The van der Waals surface area contributed by atoms with Crippen molar-refractivity contribution in [2.24, 2.45) is 5.11 Å². The normalized spacial score (nSPS) is 17.4. The third kappa shape index (κ3) is 10.5. The first-order valence-electron chi connectivity index (χ1n) is 17.6. The zero-order valence-electron chi connectivity index (χ0n) is 29.9. The molecule has 0 N–H and O–H groups in total. The lowest BCUT2D eigenvalue weighted by molar-refractivity contribution is -0.0359. The number of fused-ring (bicyclic) bond motifs is 1. The van der Waals surface area contributed by atoms with E-state index in [1.54, 1.807) is 12.0 Å². The van der Waals surface area contributed by atoms with E-state index in [-0.39, 0.29) is 18.1 Å². The number of rotatable bonds is 15. The molecule has 0 spiro atoms. The summed E-state index contributed by atoms with van der Waals surface area (Å²) in [4.78, 5) is 20.1. The summed E-state index contributed by atoms with van der Waals surface area (Å²) < 4.78 is 29.6. The Hall–Kier alpha value is -4.44. The Balaban J connectivity index is 1.19. The number of ether oxygens (including phenoxy) is 5. The van der Waals surface area contributed by atoms with E-state index in [0.717, 1.165) is 60.4 Å². The number of aryl methyl sites for hydroxylation is 1. The van der Waals surface area contributed by atoms with Crippen molar-refractivity contribution in [3.63, 3.8) is 0 Å². The third-order valence-corrected chi connectivity index (χ3v) is 9.03. The Morgan fingerprint density at radius 3 is 2.62 bits per heavy atom. The third-order valence-electron chi connectivity index (χ3n) is 9.03. The molecule has 0 saturated carbocycles. The van der Waals surface area contributed by atoms with E-state index in [9.17, 15) is 4.79 Å². The smallest absolute Gasteiger partial charge is 0.410 e. The van der Waals surface area contributed by atoms with Crippen LogP contribution in [0.25, 0.3) is 10.4 Å². The Kier molecular flexibility index (Phi) is 13.3. The Morgan fingerprint density at radius 2 is 1.84 bits per heavy atom. The van der Waals surface area contributed by atoms with Crippen LogP contribution in [-0.4, -0.2) is 75.7 Å². The van der Waals surface area contributed by atoms with E-state index in [4.69, 9.17) is 29.2 Å². The first kappa shape index (κ1) is 36.8. The number of likely N-dealkylation sites (tertiary alicyclic amines) is 1. The number of carbonyl (C=O) groups is 1. The Morgan fingerprint density at radius 1 is 1.02 bits per heavy atom. The molecule has 0 radical (unpaired) electrons. The summed E-state index contributed by atoms with van der Waals surface area (Å²) in [5.74, 6) is 1.74. The largest absolute Gasteiger partial charge is 0.496 e. The van der Waals surface area contributed by atoms with Crippen LogP contribution in [0.15, 0.2) is 71.8 Å². The number of nitrogens with zero attached hydrogens (tertiary/aromatic N) is 5. The molecule has 0 unspecified atom stereocenters. The molecule has 3 aromatic rings. The average molecular weight is 686 g/mol. The SMILES string of the molecule is COc1ccccc1COCCCOc1ccc([C@H]2CCN(C(=O)OC(C)(C)C)C[C@@H]2OCc2ccc3c(c2)N(CCN=[N+]=[N-])CCC3)cc1. The molecule has 0 aromatic heterocycles. The van der Waals surface area contributed by atoms with Crippen molar-refractivity contribution in [2.45, 2.75) is 77.3 Å². The molecule has 3 aromatic carbocycles. The van der Waals surface area contributed by atoms with Crippen LogP contribution in [0, 0.1) is 0 Å². The van der Waals surface area contributed by atoms with E-state index < -0.39 is 5.60 Å². The molecule has 2 aliphatic heterocycles. The standard InChI is InChI=1S/C39H51N5O6/c1-39(2,3)50-38(45)44-21-18-34(30-14-16-33(17-15-30)48-24-8-23-47-28-32-9-5-6-11-36(32)46-4)37(26-44)49-27-29-12-13-31-10-7-20-43(35(31)25-29)22-19-41-42-40/h5-6,9,11-17,25,34,37H,7-8,10,18-24,26-28H2,1-4H3/t34-,37+/m1/s1. The molecule has 2 aliphatic rings. The summed E-state index contributed by atoms with van der Waals surface area (Å²) in [6.07, 6.45) is 3.09. The van der Waals surface area contributed by atoms with Gasteiger partial charge in [-0.05, 0) is 86.5 Å². The zero-order valence-corrected chi connectivity index (χ0v) is 29.9. The number of anilines is 1. The molecule has 0 bridgehead atoms. The van der Waals surface area contributed by atoms with Gasteiger partial charge in [-0.15, -0.1) is 0 Å². The lowest BCUT2D eigenvalue weighted by atomic mass is 9.87. The predicted molar refractivity (Wildman–Crippen MR) is 194 cm³/mol. The van der Waals surface area contributed by atoms with Crippen LogP contribution in [0.3, 0.4) is 0 Å². The van der Waals surface area contributed by atoms with Crippen LogP contribution in [0.5, 0.6) is 11.5 Å². The molecule has 2 heterocycles. The van der Waals surface area contributed by atoms with Crippen LogP contribution in [0.1, 0.15) is 68.2 Å². The van der Waals surface area contributed by atoms with Gasteiger partial charge in [0.15, 0.2) is 0 Å². The number of azide groups is 1. The minimum Gasteiger partial charge on any atom is -0.496 e. The molecule has 0 aliphatic carbocycles. The highest BCUT2D eigenvalue weighted by Gasteiger charge is 2.35. The zero-order chi connectivity index (χ0) is 35.3. The number of carbonyl (C=O) groups excluding carboxylic acids is 1. The van der Waals surface area contributed by atoms with Crippen molar-refractivity contribution in [3.8, 4) is 11.5 Å². The molecule has 5 rings (SSSR count). The summed E-state index contributed by atoms with van der Waals surface area (Å²) in [6, 6.07) is 22.6. The summed E-state index contributed by atoms with van der Waals surface area (Å²) in [5, 5.41) is 3.74. The van der Waals surface area contributed by atoms with Gasteiger partial charge in [-0.1, -0.05) is 47.6 Å². The highest BCUT2D eigenvalue weighted by Crippen LogP contribution is 2.34. The number of hydrogen-bond acceptors (Lipinski definition) is 8. The van der Waals surface area contributed by atoms with Crippen LogP contribution >= 0.6 is 0 Å². The number of benzene rings is 3. The quantitative estimate of drug-likeness (QED) is 0.0687. The van der Waals surface area contributed by atoms with E-state index in [0.29, 0.717) is 52.6 Å². The van der Waals surface area contributed by atoms with Gasteiger partial charge in [-0.25, -0.2) is 4.79 Å². The van der Waals surface area contributed by atoms with Gasteiger partial charge in [0, 0.05) is 54.7 Å². The van der Waals surface area contributed by atoms with Crippen molar-refractivity contribution in [3.05, 3.63) is 99.4 Å². The monoisotopic (exact) mass is 685 g/mol. The van der Waals surface area contributed by atoms with Crippen LogP contribution < -0.4 is 14.4 Å². The number of methoxy groups -OCH3 is 1. The minimum atomic E-state index is -0.574. The summed E-state index contributed by atoms with van der Waals surface area (Å²) in [7, 11) is 1.67. The molecular formula is C39H51N5O6. The maximum atomic E-state index is 13.1. The van der Waals surface area contributed by atoms with Crippen LogP contribution in [-0.2, 0) is 33.8 Å². The maximum Gasteiger partial charge on any atom is 0.410 e. The molecule has 1 fully saturated rings. The number of piperidine rings is 1. The second-order valence-electron chi connectivity index (χ2n) is 13.8. The molecule has 1 saturated heterocycles. The van der Waals surface area contributed by atoms with Crippen LogP contribution in [0.2, 0.25) is 0 Å². The number of amides is 1. The van der Waals surface area contributed by atoms with Gasteiger partial charge >= 0.3 is 6.09 Å². The Labute approximate surface area is 296 Å². The fourth-order valence-electron chi connectivity index (χ4n) is 6.56. The van der Waals surface area contributed by atoms with Gasteiger partial charge in [0.25, 0.3) is 0 Å². The highest BCUT2D eigenvalue weighted by molar-refractivity contribution is 5.68. The second kappa shape index (κ2) is 18.0. The Bertz CT molecular complexity index is 1590.